The highest BCUT2D eigenvalue weighted by Gasteiger charge is 2.23. The number of carbonyl (C=O) groups excluding carboxylic acids is 2. The topological polar surface area (TPSA) is 58.1 Å². The van der Waals surface area contributed by atoms with E-state index < -0.39 is 0 Å². The van der Waals surface area contributed by atoms with Crippen LogP contribution in [0.3, 0.4) is 0 Å². The lowest BCUT2D eigenvalue weighted by molar-refractivity contribution is 0.0763. The van der Waals surface area contributed by atoms with Crippen LogP contribution < -0.4 is 0 Å². The summed E-state index contributed by atoms with van der Waals surface area (Å²) in [7, 11) is 1.81. The largest absolute Gasteiger partial charge is 0.360 e. The summed E-state index contributed by atoms with van der Waals surface area (Å²) in [5.41, 5.74) is 6.17. The van der Waals surface area contributed by atoms with E-state index in [0.29, 0.717) is 24.3 Å². The van der Waals surface area contributed by atoms with Crippen LogP contribution in [0, 0.1) is 0 Å². The number of hydrogen-bond donors (Lipinski definition) is 1. The van der Waals surface area contributed by atoms with Crippen LogP contribution in [-0.4, -0.2) is 39.2 Å². The minimum atomic E-state index is -0.0301. The van der Waals surface area contributed by atoms with Crippen molar-refractivity contribution in [2.75, 3.05) is 13.1 Å². The zero-order chi connectivity index (χ0) is 19.8. The number of benzene rings is 1. The van der Waals surface area contributed by atoms with E-state index in [1.807, 2.05) is 11.9 Å². The second-order valence-corrected chi connectivity index (χ2v) is 7.41. The van der Waals surface area contributed by atoms with Crippen LogP contribution in [0.5, 0.6) is 0 Å². The summed E-state index contributed by atoms with van der Waals surface area (Å²) in [4.78, 5) is 29.8. The lowest BCUT2D eigenvalue weighted by atomic mass is 9.97. The minimum Gasteiger partial charge on any atom is -0.360 e. The third kappa shape index (κ3) is 3.07. The van der Waals surface area contributed by atoms with E-state index in [9.17, 15) is 9.59 Å². The number of aryl methyl sites for hydroxylation is 2. The fraction of sp³-hybridized carbons (Fsp3) is 0.304. The summed E-state index contributed by atoms with van der Waals surface area (Å²) in [5.74, 6) is -0.0567. The van der Waals surface area contributed by atoms with Crippen LogP contribution in [0.4, 0.5) is 0 Å². The Labute approximate surface area is 164 Å². The van der Waals surface area contributed by atoms with Crippen molar-refractivity contribution >= 4 is 28.2 Å². The summed E-state index contributed by atoms with van der Waals surface area (Å²) in [6, 6.07) is 8.12. The molecule has 4 rings (SSSR count). The number of ketones is 1. The summed E-state index contributed by atoms with van der Waals surface area (Å²) < 4.78 is 1.74. The van der Waals surface area contributed by atoms with Crippen molar-refractivity contribution in [1.82, 2.24) is 14.5 Å². The number of carbonyl (C=O) groups is 2. The molecule has 1 aromatic carbocycles. The van der Waals surface area contributed by atoms with Crippen LogP contribution in [0.1, 0.15) is 52.2 Å². The molecule has 1 amide bonds. The monoisotopic (exact) mass is 375 g/mol. The molecule has 5 nitrogen and oxygen atoms in total. The number of amides is 1. The fourth-order valence-corrected chi connectivity index (χ4v) is 4.01. The van der Waals surface area contributed by atoms with E-state index in [2.05, 4.69) is 42.4 Å². The first kappa shape index (κ1) is 18.3. The molecule has 144 valence electrons. The van der Waals surface area contributed by atoms with E-state index in [4.69, 9.17) is 0 Å². The number of aromatic amines is 1. The van der Waals surface area contributed by atoms with Gasteiger partial charge in [0.15, 0.2) is 5.78 Å². The van der Waals surface area contributed by atoms with Gasteiger partial charge in [-0.05, 0) is 37.0 Å². The molecule has 2 aromatic heterocycles. The molecule has 0 unspecified atom stereocenters. The second-order valence-electron chi connectivity index (χ2n) is 7.41. The molecule has 28 heavy (non-hydrogen) atoms. The van der Waals surface area contributed by atoms with Gasteiger partial charge in [-0.25, -0.2) is 0 Å². The van der Waals surface area contributed by atoms with Crippen molar-refractivity contribution in [3.63, 3.8) is 0 Å². The molecular formula is C23H25N3O2. The molecule has 0 saturated heterocycles. The normalized spacial score (nSPS) is 14.4. The van der Waals surface area contributed by atoms with Gasteiger partial charge in [0.2, 0.25) is 0 Å². The van der Waals surface area contributed by atoms with Crippen LogP contribution >= 0.6 is 0 Å². The standard InChI is InChI=1S/C23H25N3O2/c1-4-16-6-5-7-19-20(13-24-22(16)19)17-8-10-26(11-9-17)23(28)21-12-18(15(2)27)14-25(21)3/h5-8,12-14,24H,4,9-11H2,1-3H3. The summed E-state index contributed by atoms with van der Waals surface area (Å²) in [5, 5.41) is 1.25. The van der Waals surface area contributed by atoms with E-state index in [1.165, 1.54) is 34.5 Å². The SMILES string of the molecule is CCc1cccc2c(C3=CCN(C(=O)c4cc(C(C)=O)cn4C)CC3)c[nH]c12. The number of hydrogen-bond acceptors (Lipinski definition) is 2. The zero-order valence-corrected chi connectivity index (χ0v) is 16.6. The number of nitrogens with zero attached hydrogens (tertiary/aromatic N) is 2. The number of rotatable bonds is 4. The Morgan fingerprint density at radius 2 is 2.07 bits per heavy atom. The first-order chi connectivity index (χ1) is 13.5. The molecule has 1 aliphatic rings. The Bertz CT molecular complexity index is 1100. The maximum absolute atomic E-state index is 12.9. The Hall–Kier alpha value is -3.08. The molecule has 1 aliphatic heterocycles. The van der Waals surface area contributed by atoms with Crippen LogP contribution in [0.15, 0.2) is 42.7 Å². The number of fused-ring (bicyclic) bond motifs is 1. The molecule has 0 aliphatic carbocycles. The van der Waals surface area contributed by atoms with Gasteiger partial charge in [-0.1, -0.05) is 31.2 Å². The second kappa shape index (κ2) is 7.15. The lowest BCUT2D eigenvalue weighted by Crippen LogP contribution is -2.35. The van der Waals surface area contributed by atoms with Gasteiger partial charge in [-0.3, -0.25) is 9.59 Å². The smallest absolute Gasteiger partial charge is 0.270 e. The quantitative estimate of drug-likeness (QED) is 0.695. The van der Waals surface area contributed by atoms with Gasteiger partial charge in [0.05, 0.1) is 0 Å². The number of nitrogens with one attached hydrogen (secondary N) is 1. The van der Waals surface area contributed by atoms with E-state index in [0.717, 1.165) is 12.8 Å². The van der Waals surface area contributed by atoms with Crippen LogP contribution in [0.2, 0.25) is 0 Å². The fourth-order valence-electron chi connectivity index (χ4n) is 4.01. The third-order valence-electron chi connectivity index (χ3n) is 5.66. The first-order valence-electron chi connectivity index (χ1n) is 9.74. The highest BCUT2D eigenvalue weighted by Crippen LogP contribution is 2.31. The molecule has 1 N–H and O–H groups in total. The minimum absolute atomic E-state index is 0.0266. The van der Waals surface area contributed by atoms with Gasteiger partial charge < -0.3 is 14.5 Å². The van der Waals surface area contributed by atoms with E-state index in [1.54, 1.807) is 16.8 Å². The Kier molecular flexibility index (Phi) is 4.67. The van der Waals surface area contributed by atoms with Crippen molar-refractivity contribution in [2.24, 2.45) is 7.05 Å². The van der Waals surface area contributed by atoms with E-state index >= 15 is 0 Å². The molecule has 0 spiro atoms. The average Bonchev–Trinajstić information content (AvgIpc) is 3.31. The predicted molar refractivity (Wildman–Crippen MR) is 112 cm³/mol. The predicted octanol–water partition coefficient (Wildman–Crippen LogP) is 4.20. The summed E-state index contributed by atoms with van der Waals surface area (Å²) in [6.45, 7) is 4.94. The summed E-state index contributed by atoms with van der Waals surface area (Å²) >= 11 is 0. The van der Waals surface area contributed by atoms with Crippen molar-refractivity contribution in [2.45, 2.75) is 26.7 Å². The van der Waals surface area contributed by atoms with Crippen LogP contribution in [-0.2, 0) is 13.5 Å². The van der Waals surface area contributed by atoms with Gasteiger partial charge in [0.25, 0.3) is 5.91 Å². The van der Waals surface area contributed by atoms with Crippen molar-refractivity contribution in [3.05, 3.63) is 65.1 Å². The van der Waals surface area contributed by atoms with Crippen molar-refractivity contribution in [1.29, 1.82) is 0 Å². The molecular weight excluding hydrogens is 350 g/mol. The van der Waals surface area contributed by atoms with E-state index in [-0.39, 0.29) is 11.7 Å². The Morgan fingerprint density at radius 3 is 2.71 bits per heavy atom. The highest BCUT2D eigenvalue weighted by atomic mass is 16.2. The molecule has 0 fully saturated rings. The number of aromatic nitrogens is 2. The zero-order valence-electron chi connectivity index (χ0n) is 16.6. The van der Waals surface area contributed by atoms with Gasteiger partial charge in [-0.2, -0.15) is 0 Å². The van der Waals surface area contributed by atoms with Crippen molar-refractivity contribution < 1.29 is 9.59 Å². The number of Topliss-reactive ketones (excluding diaryl/α,β-unsaturated/α-hetero) is 1. The van der Waals surface area contributed by atoms with Crippen LogP contribution in [0.25, 0.3) is 16.5 Å². The maximum atomic E-state index is 12.9. The van der Waals surface area contributed by atoms with Gasteiger partial charge >= 0.3 is 0 Å². The first-order valence-corrected chi connectivity index (χ1v) is 9.74. The molecule has 3 aromatic rings. The average molecular weight is 375 g/mol. The molecule has 0 bridgehead atoms. The van der Waals surface area contributed by atoms with Gasteiger partial charge in [-0.15, -0.1) is 0 Å². The molecule has 0 atom stereocenters. The molecule has 5 heteroatoms. The Balaban J connectivity index is 1.57. The molecule has 3 heterocycles. The number of H-pyrrole nitrogens is 1. The third-order valence-corrected chi connectivity index (χ3v) is 5.66. The molecule has 0 radical (unpaired) electrons. The lowest BCUT2D eigenvalue weighted by Gasteiger charge is -2.26. The number of para-hydroxylation sites is 1. The Morgan fingerprint density at radius 1 is 1.25 bits per heavy atom. The van der Waals surface area contributed by atoms with Gasteiger partial charge in [0, 0.05) is 54.6 Å². The van der Waals surface area contributed by atoms with Gasteiger partial charge in [0.1, 0.15) is 5.69 Å². The highest BCUT2D eigenvalue weighted by molar-refractivity contribution is 6.00. The summed E-state index contributed by atoms with van der Waals surface area (Å²) in [6.07, 6.45) is 7.77. The maximum Gasteiger partial charge on any atom is 0.270 e. The molecule has 0 saturated carbocycles. The van der Waals surface area contributed by atoms with Crippen molar-refractivity contribution in [3.8, 4) is 0 Å².